The zero-order chi connectivity index (χ0) is 21.6. The molecule has 1 aromatic carbocycles. The summed E-state index contributed by atoms with van der Waals surface area (Å²) in [5.41, 5.74) is 0.837. The molecule has 0 bridgehead atoms. The van der Waals surface area contributed by atoms with Gasteiger partial charge < -0.3 is 23.7 Å². The summed E-state index contributed by atoms with van der Waals surface area (Å²) in [6.07, 6.45) is 3.37. The maximum Gasteiger partial charge on any atom is 0.260 e. The molecule has 1 amide bonds. The van der Waals surface area contributed by atoms with E-state index in [1.165, 1.54) is 12.3 Å². The van der Waals surface area contributed by atoms with Crippen LogP contribution in [0.3, 0.4) is 0 Å². The van der Waals surface area contributed by atoms with E-state index in [1.807, 2.05) is 18.2 Å². The first kappa shape index (κ1) is 21.2. The Morgan fingerprint density at radius 2 is 1.77 bits per heavy atom. The number of carbonyl (C=O) groups excluding carboxylic acids is 1. The molecule has 0 atom stereocenters. The minimum atomic E-state index is -0.261. The predicted molar refractivity (Wildman–Crippen MR) is 117 cm³/mol. The SMILES string of the molecule is COc1ccccc1N1CCN(Cc2cc(=O)c(OCC(=O)N3CCCC3)co2)CC1. The number of ether oxygens (including phenoxy) is 2. The standard InChI is InChI=1S/C23H29N3O5/c1-29-21-7-3-2-6-19(21)25-12-10-24(11-13-25)15-18-14-20(27)22(16-30-18)31-17-23(28)26-8-4-5-9-26/h2-3,6-7,14,16H,4-5,8-13,15,17H2,1H3. The number of hydrogen-bond donors (Lipinski definition) is 0. The first-order valence-corrected chi connectivity index (χ1v) is 10.8. The highest BCUT2D eigenvalue weighted by atomic mass is 16.5. The number of benzene rings is 1. The highest BCUT2D eigenvalue weighted by molar-refractivity contribution is 5.78. The predicted octanol–water partition coefficient (Wildman–Crippen LogP) is 1.97. The van der Waals surface area contributed by atoms with Crippen LogP contribution in [0.25, 0.3) is 0 Å². The van der Waals surface area contributed by atoms with Gasteiger partial charge in [0.2, 0.25) is 11.2 Å². The highest BCUT2D eigenvalue weighted by Gasteiger charge is 2.21. The average Bonchev–Trinajstić information content (AvgIpc) is 3.34. The lowest BCUT2D eigenvalue weighted by molar-refractivity contribution is -0.132. The van der Waals surface area contributed by atoms with E-state index in [0.29, 0.717) is 12.3 Å². The van der Waals surface area contributed by atoms with E-state index < -0.39 is 0 Å². The van der Waals surface area contributed by atoms with E-state index in [4.69, 9.17) is 13.9 Å². The second-order valence-electron chi connectivity index (χ2n) is 7.89. The van der Waals surface area contributed by atoms with E-state index in [9.17, 15) is 9.59 Å². The van der Waals surface area contributed by atoms with Crippen molar-refractivity contribution in [3.05, 3.63) is 52.6 Å². The summed E-state index contributed by atoms with van der Waals surface area (Å²) < 4.78 is 16.5. The van der Waals surface area contributed by atoms with Crippen LogP contribution in [-0.2, 0) is 11.3 Å². The molecule has 1 aromatic heterocycles. The third kappa shape index (κ3) is 5.19. The Morgan fingerprint density at radius 1 is 1.03 bits per heavy atom. The van der Waals surface area contributed by atoms with E-state index in [1.54, 1.807) is 12.0 Å². The quantitative estimate of drug-likeness (QED) is 0.669. The number of rotatable bonds is 7. The van der Waals surface area contributed by atoms with Gasteiger partial charge in [0.25, 0.3) is 5.91 Å². The Hall–Kier alpha value is -3.00. The minimum Gasteiger partial charge on any atom is -0.495 e. The Kier molecular flexibility index (Phi) is 6.76. The van der Waals surface area contributed by atoms with Crippen molar-refractivity contribution in [2.45, 2.75) is 19.4 Å². The van der Waals surface area contributed by atoms with Crippen LogP contribution in [0.5, 0.6) is 11.5 Å². The Balaban J connectivity index is 1.28. The van der Waals surface area contributed by atoms with Gasteiger partial charge >= 0.3 is 0 Å². The minimum absolute atomic E-state index is 0.0808. The summed E-state index contributed by atoms with van der Waals surface area (Å²) in [6, 6.07) is 9.49. The van der Waals surface area contributed by atoms with Crippen LogP contribution < -0.4 is 19.8 Å². The Labute approximate surface area is 181 Å². The molecular weight excluding hydrogens is 398 g/mol. The van der Waals surface area contributed by atoms with Crippen molar-refractivity contribution < 1.29 is 18.7 Å². The van der Waals surface area contributed by atoms with E-state index in [0.717, 1.165) is 63.5 Å². The highest BCUT2D eigenvalue weighted by Crippen LogP contribution is 2.28. The Morgan fingerprint density at radius 3 is 2.48 bits per heavy atom. The molecule has 2 fully saturated rings. The molecule has 166 valence electrons. The van der Waals surface area contributed by atoms with Crippen LogP contribution in [-0.4, -0.2) is 68.7 Å². The van der Waals surface area contributed by atoms with Gasteiger partial charge in [-0.15, -0.1) is 0 Å². The number of nitrogens with zero attached hydrogens (tertiary/aromatic N) is 3. The number of methoxy groups -OCH3 is 1. The fourth-order valence-electron chi connectivity index (χ4n) is 4.08. The summed E-state index contributed by atoms with van der Waals surface area (Å²) in [5.74, 6) is 1.46. The van der Waals surface area contributed by atoms with Crippen molar-refractivity contribution in [2.75, 3.05) is 57.9 Å². The summed E-state index contributed by atoms with van der Waals surface area (Å²) in [6.45, 7) is 5.39. The molecular formula is C23H29N3O5. The first-order valence-electron chi connectivity index (χ1n) is 10.8. The van der Waals surface area contributed by atoms with Gasteiger partial charge in [-0.1, -0.05) is 12.1 Å². The lowest BCUT2D eigenvalue weighted by atomic mass is 10.2. The van der Waals surface area contributed by atoms with Gasteiger partial charge in [-0.3, -0.25) is 14.5 Å². The van der Waals surface area contributed by atoms with Crippen molar-refractivity contribution in [1.29, 1.82) is 0 Å². The molecule has 31 heavy (non-hydrogen) atoms. The first-order chi connectivity index (χ1) is 15.1. The molecule has 0 saturated carbocycles. The van der Waals surface area contributed by atoms with Gasteiger partial charge in [-0.05, 0) is 25.0 Å². The van der Waals surface area contributed by atoms with Gasteiger partial charge in [0, 0.05) is 45.3 Å². The van der Waals surface area contributed by atoms with Gasteiger partial charge in [0.1, 0.15) is 17.8 Å². The van der Waals surface area contributed by atoms with Crippen LogP contribution in [0.15, 0.2) is 45.8 Å². The maximum absolute atomic E-state index is 12.4. The number of carbonyl (C=O) groups is 1. The van der Waals surface area contributed by atoms with Crippen LogP contribution in [0.1, 0.15) is 18.6 Å². The second kappa shape index (κ2) is 9.87. The zero-order valence-electron chi connectivity index (χ0n) is 17.9. The average molecular weight is 428 g/mol. The van der Waals surface area contributed by atoms with Crippen LogP contribution >= 0.6 is 0 Å². The Bertz CT molecular complexity index is 946. The summed E-state index contributed by atoms with van der Waals surface area (Å²) >= 11 is 0. The third-order valence-corrected chi connectivity index (χ3v) is 5.84. The van der Waals surface area contributed by atoms with Crippen LogP contribution in [0.2, 0.25) is 0 Å². The van der Waals surface area contributed by atoms with Crippen molar-refractivity contribution in [3.8, 4) is 11.5 Å². The maximum atomic E-state index is 12.4. The molecule has 2 saturated heterocycles. The number of hydrogen-bond acceptors (Lipinski definition) is 7. The lowest BCUT2D eigenvalue weighted by Gasteiger charge is -2.36. The van der Waals surface area contributed by atoms with E-state index >= 15 is 0 Å². The van der Waals surface area contributed by atoms with Crippen molar-refractivity contribution in [1.82, 2.24) is 9.80 Å². The van der Waals surface area contributed by atoms with Gasteiger partial charge in [-0.25, -0.2) is 0 Å². The molecule has 0 N–H and O–H groups in total. The van der Waals surface area contributed by atoms with E-state index in [2.05, 4.69) is 15.9 Å². The van der Waals surface area contributed by atoms with Crippen molar-refractivity contribution >= 4 is 11.6 Å². The third-order valence-electron chi connectivity index (χ3n) is 5.84. The molecule has 2 aromatic rings. The number of para-hydroxylation sites is 2. The normalized spacial score (nSPS) is 17.1. The van der Waals surface area contributed by atoms with Crippen molar-refractivity contribution in [2.24, 2.45) is 0 Å². The molecule has 0 unspecified atom stereocenters. The van der Waals surface area contributed by atoms with Crippen molar-refractivity contribution in [3.63, 3.8) is 0 Å². The number of piperazine rings is 1. The molecule has 2 aliphatic heterocycles. The largest absolute Gasteiger partial charge is 0.495 e. The fraction of sp³-hybridized carbons (Fsp3) is 0.478. The molecule has 0 spiro atoms. The number of amides is 1. The molecule has 4 rings (SSSR count). The van der Waals surface area contributed by atoms with Crippen LogP contribution in [0, 0.1) is 0 Å². The molecule has 2 aliphatic rings. The summed E-state index contributed by atoms with van der Waals surface area (Å²) in [7, 11) is 1.69. The number of likely N-dealkylation sites (tertiary alicyclic amines) is 1. The molecule has 0 radical (unpaired) electrons. The zero-order valence-corrected chi connectivity index (χ0v) is 17.9. The molecule has 8 nitrogen and oxygen atoms in total. The van der Waals surface area contributed by atoms with E-state index in [-0.39, 0.29) is 23.7 Å². The van der Waals surface area contributed by atoms with Crippen LogP contribution in [0.4, 0.5) is 5.69 Å². The summed E-state index contributed by atoms with van der Waals surface area (Å²) in [4.78, 5) is 30.8. The smallest absolute Gasteiger partial charge is 0.260 e. The topological polar surface area (TPSA) is 75.5 Å². The monoisotopic (exact) mass is 427 g/mol. The molecule has 3 heterocycles. The lowest BCUT2D eigenvalue weighted by Crippen LogP contribution is -2.46. The summed E-state index contributed by atoms with van der Waals surface area (Å²) in [5, 5.41) is 0. The fourth-order valence-corrected chi connectivity index (χ4v) is 4.08. The van der Waals surface area contributed by atoms with Gasteiger partial charge in [0.05, 0.1) is 19.3 Å². The second-order valence-corrected chi connectivity index (χ2v) is 7.89. The number of anilines is 1. The molecule has 0 aliphatic carbocycles. The van der Waals surface area contributed by atoms with Gasteiger partial charge in [0.15, 0.2) is 6.61 Å². The molecule has 8 heteroatoms. The van der Waals surface area contributed by atoms with Gasteiger partial charge in [-0.2, -0.15) is 0 Å².